The SMILES string of the molecule is [2H]c1cc2c(-c3c([2H])c([2H])c4c([2H])c([2H])c([2H])c([2H])c4c3[2H])c3cc([2H])c([2H])cc3c(-c3c([2H])c([2H])c([2H])c4oc5c([2H])c([2H])c([2H])c([2H])c5c34)c2cc1[2H]. The Morgan fingerprint density at radius 3 is 1.84 bits per heavy atom. The molecule has 0 unspecified atom stereocenters. The number of hydrogen-bond donors (Lipinski definition) is 0. The summed E-state index contributed by atoms with van der Waals surface area (Å²) < 4.78 is 162. The zero-order chi connectivity index (χ0) is 40.0. The normalized spacial score (nSPS) is 18.6. The lowest BCUT2D eigenvalue weighted by Crippen LogP contribution is -1.91. The van der Waals surface area contributed by atoms with Crippen LogP contribution in [0.1, 0.15) is 24.7 Å². The van der Waals surface area contributed by atoms with Crippen molar-refractivity contribution < 1.29 is 29.1 Å². The minimum Gasteiger partial charge on any atom is -0.456 e. The maximum absolute atomic E-state index is 9.34. The molecule has 0 N–H and O–H groups in total. The Balaban J connectivity index is 1.70. The van der Waals surface area contributed by atoms with Crippen LogP contribution >= 0.6 is 0 Å². The Labute approximate surface area is 239 Å². The highest BCUT2D eigenvalue weighted by atomic mass is 16.3. The van der Waals surface area contributed by atoms with Gasteiger partial charge in [0, 0.05) is 10.8 Å². The van der Waals surface area contributed by atoms with Crippen LogP contribution in [0.4, 0.5) is 0 Å². The number of furan rings is 1. The fraction of sp³-hybridized carbons (Fsp3) is 0. The molecule has 0 saturated heterocycles. The van der Waals surface area contributed by atoms with E-state index in [2.05, 4.69) is 0 Å². The molecule has 0 spiro atoms. The van der Waals surface area contributed by atoms with Gasteiger partial charge >= 0.3 is 0 Å². The summed E-state index contributed by atoms with van der Waals surface area (Å²) in [6.07, 6.45) is 0. The van der Waals surface area contributed by atoms with E-state index < -0.39 is 84.6 Å². The van der Waals surface area contributed by atoms with Crippen molar-refractivity contribution in [2.24, 2.45) is 0 Å². The average Bonchev–Trinajstić information content (AvgIpc) is 3.55. The van der Waals surface area contributed by atoms with Crippen molar-refractivity contribution in [3.05, 3.63) is 133 Å². The second-order valence-electron chi connectivity index (χ2n) is 8.32. The molecule has 1 aromatic heterocycles. The summed E-state index contributed by atoms with van der Waals surface area (Å²) in [7, 11) is 0. The van der Waals surface area contributed by atoms with E-state index in [0.29, 0.717) is 0 Å². The summed E-state index contributed by atoms with van der Waals surface area (Å²) in [6.45, 7) is 0. The lowest BCUT2D eigenvalue weighted by atomic mass is 9.84. The van der Waals surface area contributed by atoms with Crippen LogP contribution in [-0.4, -0.2) is 0 Å². The lowest BCUT2D eigenvalue weighted by Gasteiger charge is -2.18. The van der Waals surface area contributed by atoms with Crippen molar-refractivity contribution in [3.8, 4) is 22.3 Å². The highest BCUT2D eigenvalue weighted by Crippen LogP contribution is 2.46. The number of rotatable bonds is 2. The molecular formula is C36H22O. The van der Waals surface area contributed by atoms with E-state index in [1.54, 1.807) is 0 Å². The third kappa shape index (κ3) is 2.98. The quantitative estimate of drug-likeness (QED) is 0.221. The van der Waals surface area contributed by atoms with E-state index in [0.717, 1.165) is 0 Å². The van der Waals surface area contributed by atoms with Crippen LogP contribution in [0, 0.1) is 0 Å². The van der Waals surface area contributed by atoms with Crippen molar-refractivity contribution in [3.63, 3.8) is 0 Å². The summed E-state index contributed by atoms with van der Waals surface area (Å²) in [5.74, 6) is 0. The van der Waals surface area contributed by atoms with Gasteiger partial charge in [0.15, 0.2) is 0 Å². The van der Waals surface area contributed by atoms with Crippen LogP contribution in [0.2, 0.25) is 0 Å². The monoisotopic (exact) mass is 488 g/mol. The van der Waals surface area contributed by atoms with Crippen LogP contribution < -0.4 is 0 Å². The van der Waals surface area contributed by atoms with E-state index in [-0.39, 0.29) is 101 Å². The molecule has 0 amide bonds. The zero-order valence-electron chi connectivity index (χ0n) is 36.7. The molecular weight excluding hydrogens is 448 g/mol. The standard InChI is InChI=1S/C36H22O/c1-2-11-24-22-25(21-20-23(24)10-1)34-26-12-3-5-14-28(26)35(29-15-6-4-13-27(29)34)31-17-9-19-33-36(31)30-16-7-8-18-32(30)37-33/h1-22H/i1D,2D,3D,4D,5D,6D,7D,8D,9D,10D,11D,16D,17D,18D,19D,20D,21D,22D. The fourth-order valence-electron chi connectivity index (χ4n) is 4.88. The van der Waals surface area contributed by atoms with Gasteiger partial charge in [-0.1, -0.05) is 115 Å². The van der Waals surface area contributed by atoms with Gasteiger partial charge in [-0.05, 0) is 72.7 Å². The molecule has 8 rings (SSSR count). The van der Waals surface area contributed by atoms with Gasteiger partial charge in [0.05, 0.1) is 24.7 Å². The summed E-state index contributed by atoms with van der Waals surface area (Å²) in [5.41, 5.74) is -1.28. The molecule has 0 saturated carbocycles. The first-order valence-electron chi connectivity index (χ1n) is 20.2. The van der Waals surface area contributed by atoms with Crippen LogP contribution in [-0.2, 0) is 0 Å². The second-order valence-corrected chi connectivity index (χ2v) is 8.32. The molecule has 1 heterocycles. The number of benzene rings is 7. The van der Waals surface area contributed by atoms with Crippen molar-refractivity contribution in [2.75, 3.05) is 0 Å². The molecule has 0 atom stereocenters. The van der Waals surface area contributed by atoms with E-state index in [1.807, 2.05) is 0 Å². The van der Waals surface area contributed by atoms with Gasteiger partial charge in [-0.15, -0.1) is 0 Å². The molecule has 172 valence electrons. The fourth-order valence-corrected chi connectivity index (χ4v) is 4.88. The maximum Gasteiger partial charge on any atom is 0.136 e. The Morgan fingerprint density at radius 2 is 1.08 bits per heavy atom. The first-order valence-corrected chi connectivity index (χ1v) is 11.2. The van der Waals surface area contributed by atoms with E-state index >= 15 is 0 Å². The Morgan fingerprint density at radius 1 is 0.459 bits per heavy atom. The van der Waals surface area contributed by atoms with Gasteiger partial charge in [0.25, 0.3) is 0 Å². The van der Waals surface area contributed by atoms with Gasteiger partial charge in [-0.2, -0.15) is 0 Å². The van der Waals surface area contributed by atoms with Crippen molar-refractivity contribution >= 4 is 54.3 Å². The van der Waals surface area contributed by atoms with Gasteiger partial charge < -0.3 is 4.42 Å². The van der Waals surface area contributed by atoms with Gasteiger partial charge in [0.2, 0.25) is 0 Å². The van der Waals surface area contributed by atoms with E-state index in [1.165, 1.54) is 24.3 Å². The Kier molecular flexibility index (Phi) is 2.01. The van der Waals surface area contributed by atoms with Crippen LogP contribution in [0.5, 0.6) is 0 Å². The maximum atomic E-state index is 9.34. The predicted octanol–water partition coefficient (Wildman–Crippen LogP) is 10.4. The second kappa shape index (κ2) is 7.81. The van der Waals surface area contributed by atoms with Crippen LogP contribution in [0.25, 0.3) is 76.5 Å². The summed E-state index contributed by atoms with van der Waals surface area (Å²) >= 11 is 0. The van der Waals surface area contributed by atoms with Crippen LogP contribution in [0.15, 0.2) is 137 Å². The van der Waals surface area contributed by atoms with E-state index in [4.69, 9.17) is 26.3 Å². The predicted molar refractivity (Wildman–Crippen MR) is 157 cm³/mol. The van der Waals surface area contributed by atoms with Crippen molar-refractivity contribution in [1.29, 1.82) is 0 Å². The molecule has 1 nitrogen and oxygen atoms in total. The van der Waals surface area contributed by atoms with Crippen molar-refractivity contribution in [2.45, 2.75) is 0 Å². The minimum atomic E-state index is -0.680. The molecule has 0 aliphatic rings. The molecule has 0 aliphatic heterocycles. The molecule has 0 aliphatic carbocycles. The summed E-state index contributed by atoms with van der Waals surface area (Å²) in [6, 6.07) is -5.19. The van der Waals surface area contributed by atoms with E-state index in [9.17, 15) is 2.74 Å². The number of para-hydroxylation sites is 1. The topological polar surface area (TPSA) is 13.1 Å². The molecule has 37 heavy (non-hydrogen) atoms. The van der Waals surface area contributed by atoms with Gasteiger partial charge in [-0.25, -0.2) is 0 Å². The van der Waals surface area contributed by atoms with Gasteiger partial charge in [-0.3, -0.25) is 0 Å². The Hall–Kier alpha value is -4.88. The molecule has 8 aromatic rings. The van der Waals surface area contributed by atoms with Crippen LogP contribution in [0.3, 0.4) is 0 Å². The first-order chi connectivity index (χ1) is 25.8. The third-order valence-electron chi connectivity index (χ3n) is 6.39. The highest BCUT2D eigenvalue weighted by molar-refractivity contribution is 6.25. The summed E-state index contributed by atoms with van der Waals surface area (Å²) in [4.78, 5) is 0. The highest BCUT2D eigenvalue weighted by Gasteiger charge is 2.20. The number of fused-ring (bicyclic) bond motifs is 6. The molecule has 7 aromatic carbocycles. The molecule has 0 bridgehead atoms. The Bertz CT molecular complexity index is 3060. The summed E-state index contributed by atoms with van der Waals surface area (Å²) in [5, 5.41) is -0.987. The zero-order valence-corrected chi connectivity index (χ0v) is 18.7. The largest absolute Gasteiger partial charge is 0.456 e. The molecule has 1 heteroatoms. The minimum absolute atomic E-state index is 0.0128. The van der Waals surface area contributed by atoms with Crippen molar-refractivity contribution in [1.82, 2.24) is 0 Å². The molecule has 0 fully saturated rings. The van der Waals surface area contributed by atoms with Gasteiger partial charge in [0.1, 0.15) is 11.2 Å². The first kappa shape index (κ1) is 9.53. The third-order valence-corrected chi connectivity index (χ3v) is 6.39. The molecule has 0 radical (unpaired) electrons. The smallest absolute Gasteiger partial charge is 0.136 e. The lowest BCUT2D eigenvalue weighted by molar-refractivity contribution is 0.669. The average molecular weight is 489 g/mol. The number of hydrogen-bond acceptors (Lipinski definition) is 1.